The molecule has 0 atom stereocenters. The van der Waals surface area contributed by atoms with Crippen LogP contribution < -0.4 is 0 Å². The van der Waals surface area contributed by atoms with E-state index in [4.69, 9.17) is 0 Å². The molecule has 0 fully saturated rings. The van der Waals surface area contributed by atoms with E-state index >= 15 is 0 Å². The van der Waals surface area contributed by atoms with Gasteiger partial charge in [0.05, 0.1) is 16.7 Å². The van der Waals surface area contributed by atoms with E-state index in [2.05, 4.69) is 172 Å². The topological polar surface area (TPSA) is 4.93 Å². The lowest BCUT2D eigenvalue weighted by molar-refractivity contribution is 0.299. The second-order valence-corrected chi connectivity index (χ2v) is 13.8. The first-order valence-corrected chi connectivity index (χ1v) is 16.0. The first-order chi connectivity index (χ1) is 21.8. The third-order valence-electron chi connectivity index (χ3n) is 11.1. The van der Waals surface area contributed by atoms with Crippen LogP contribution >= 0.6 is 0 Å². The molecule has 0 N–H and O–H groups in total. The van der Waals surface area contributed by atoms with Crippen molar-refractivity contribution in [2.45, 2.75) is 38.5 Å². The summed E-state index contributed by atoms with van der Waals surface area (Å²) in [7, 11) is 0. The van der Waals surface area contributed by atoms with Crippen LogP contribution in [-0.4, -0.2) is 4.57 Å². The molecule has 0 bridgehead atoms. The van der Waals surface area contributed by atoms with Crippen molar-refractivity contribution in [3.63, 3.8) is 0 Å². The van der Waals surface area contributed by atoms with Crippen molar-refractivity contribution in [2.75, 3.05) is 0 Å². The Bertz CT molecular complexity index is 2490. The van der Waals surface area contributed by atoms with Gasteiger partial charge in [-0.1, -0.05) is 137 Å². The number of hydrogen-bond donors (Lipinski definition) is 0. The number of benzene rings is 7. The molecule has 0 spiro atoms. The van der Waals surface area contributed by atoms with Gasteiger partial charge in [-0.05, 0) is 90.7 Å². The van der Waals surface area contributed by atoms with Crippen LogP contribution in [0.2, 0.25) is 0 Å². The highest BCUT2D eigenvalue weighted by atomic mass is 15.0. The van der Waals surface area contributed by atoms with Gasteiger partial charge in [0.15, 0.2) is 0 Å². The Morgan fingerprint density at radius 3 is 1.82 bits per heavy atom. The number of para-hydroxylation sites is 1. The lowest BCUT2D eigenvalue weighted by Gasteiger charge is -2.48. The Labute approximate surface area is 264 Å². The molecule has 0 unspecified atom stereocenters. The fourth-order valence-electron chi connectivity index (χ4n) is 8.06. The third kappa shape index (κ3) is 3.56. The summed E-state index contributed by atoms with van der Waals surface area (Å²) in [4.78, 5) is 0. The Balaban J connectivity index is 1.30. The molecule has 1 nitrogen and oxygen atoms in total. The molecule has 1 aliphatic rings. The van der Waals surface area contributed by atoms with Gasteiger partial charge < -0.3 is 4.57 Å². The van der Waals surface area contributed by atoms with Crippen LogP contribution in [0.5, 0.6) is 0 Å². The number of nitrogens with zero attached hydrogens (tertiary/aromatic N) is 1. The van der Waals surface area contributed by atoms with Crippen LogP contribution in [0.25, 0.3) is 71.3 Å². The Hall–Kier alpha value is -5.14. The van der Waals surface area contributed by atoms with Crippen molar-refractivity contribution in [3.05, 3.63) is 151 Å². The van der Waals surface area contributed by atoms with Crippen LogP contribution in [0.4, 0.5) is 0 Å². The van der Waals surface area contributed by atoms with E-state index in [-0.39, 0.29) is 10.8 Å². The predicted octanol–water partition coefficient (Wildman–Crippen LogP) is 12.0. The van der Waals surface area contributed by atoms with Crippen molar-refractivity contribution >= 4 is 43.4 Å². The van der Waals surface area contributed by atoms with Gasteiger partial charge in [0, 0.05) is 16.2 Å². The second kappa shape index (κ2) is 9.19. The molecule has 0 amide bonds. The van der Waals surface area contributed by atoms with Gasteiger partial charge in [0.25, 0.3) is 0 Å². The van der Waals surface area contributed by atoms with Gasteiger partial charge in [-0.25, -0.2) is 0 Å². The summed E-state index contributed by atoms with van der Waals surface area (Å²) in [6, 6.07) is 52.0. The average molecular weight is 578 g/mol. The number of fused-ring (bicyclic) bond motifs is 8. The summed E-state index contributed by atoms with van der Waals surface area (Å²) in [5.74, 6) is 0. The maximum atomic E-state index is 2.47. The first kappa shape index (κ1) is 26.3. The Kier molecular flexibility index (Phi) is 5.37. The van der Waals surface area contributed by atoms with E-state index < -0.39 is 0 Å². The molecule has 216 valence electrons. The molecule has 8 aromatic rings. The lowest BCUT2D eigenvalue weighted by Crippen LogP contribution is -2.43. The number of aromatic nitrogens is 1. The molecule has 1 heterocycles. The van der Waals surface area contributed by atoms with Crippen molar-refractivity contribution in [2.24, 2.45) is 0 Å². The smallest absolute Gasteiger partial charge is 0.0547 e. The zero-order valence-electron chi connectivity index (χ0n) is 26.2. The predicted molar refractivity (Wildman–Crippen MR) is 193 cm³/mol. The lowest BCUT2D eigenvalue weighted by atomic mass is 9.55. The zero-order chi connectivity index (χ0) is 30.5. The molecular weight excluding hydrogens is 542 g/mol. The minimum absolute atomic E-state index is 0.00183. The highest BCUT2D eigenvalue weighted by molar-refractivity contribution is 6.15. The maximum Gasteiger partial charge on any atom is 0.0547 e. The Morgan fingerprint density at radius 1 is 0.400 bits per heavy atom. The van der Waals surface area contributed by atoms with Crippen LogP contribution in [0.1, 0.15) is 38.8 Å². The van der Waals surface area contributed by atoms with E-state index in [1.54, 1.807) is 0 Å². The van der Waals surface area contributed by atoms with Crippen LogP contribution in [0.15, 0.2) is 140 Å². The average Bonchev–Trinajstić information content (AvgIpc) is 3.38. The zero-order valence-corrected chi connectivity index (χ0v) is 26.2. The molecule has 7 aromatic carbocycles. The van der Waals surface area contributed by atoms with E-state index in [0.717, 1.165) is 0 Å². The fraction of sp³-hybridized carbons (Fsp3) is 0.136. The van der Waals surface area contributed by atoms with E-state index in [9.17, 15) is 0 Å². The molecule has 0 radical (unpaired) electrons. The summed E-state index contributed by atoms with van der Waals surface area (Å²) < 4.78 is 2.47. The van der Waals surface area contributed by atoms with E-state index in [1.165, 1.54) is 82.4 Å². The van der Waals surface area contributed by atoms with Gasteiger partial charge in [-0.3, -0.25) is 0 Å². The normalized spacial score (nSPS) is 15.0. The minimum Gasteiger partial charge on any atom is -0.309 e. The summed E-state index contributed by atoms with van der Waals surface area (Å²) in [5, 5.41) is 7.63. The van der Waals surface area contributed by atoms with Crippen LogP contribution in [0.3, 0.4) is 0 Å². The van der Waals surface area contributed by atoms with Gasteiger partial charge in [-0.2, -0.15) is 0 Å². The molecular formula is C44H35N. The standard InChI is InChI=1S/C44H35N/c1-43(2)38-19-11-9-16-33(38)36-26-30(21-23-39(36)44(43,3)4)31-22-24-41(34-17-8-7-15-32(31)34)45-40-20-12-10-18-35(40)37-25-28-13-5-6-14-29(28)27-42(37)45/h5-27H,1-4H3. The van der Waals surface area contributed by atoms with Gasteiger partial charge >= 0.3 is 0 Å². The fourth-order valence-corrected chi connectivity index (χ4v) is 8.06. The summed E-state index contributed by atoms with van der Waals surface area (Å²) in [6.07, 6.45) is 0. The molecule has 1 aromatic heterocycles. The second-order valence-electron chi connectivity index (χ2n) is 13.8. The quantitative estimate of drug-likeness (QED) is 0.193. The molecule has 1 aliphatic carbocycles. The largest absolute Gasteiger partial charge is 0.309 e. The number of hydrogen-bond acceptors (Lipinski definition) is 0. The van der Waals surface area contributed by atoms with Crippen molar-refractivity contribution in [1.82, 2.24) is 4.57 Å². The molecule has 0 aliphatic heterocycles. The molecule has 1 heteroatoms. The maximum absolute atomic E-state index is 2.47. The SMILES string of the molecule is CC1(C)c2ccccc2-c2cc(-c3ccc(-n4c5ccccc5c5cc6ccccc6cc54)c4ccccc34)ccc2C1(C)C. The minimum atomic E-state index is 0.00183. The summed E-state index contributed by atoms with van der Waals surface area (Å²) >= 11 is 0. The van der Waals surface area contributed by atoms with Crippen LogP contribution in [-0.2, 0) is 10.8 Å². The van der Waals surface area contributed by atoms with Crippen molar-refractivity contribution in [1.29, 1.82) is 0 Å². The van der Waals surface area contributed by atoms with E-state index in [1.807, 2.05) is 0 Å². The number of rotatable bonds is 2. The van der Waals surface area contributed by atoms with Gasteiger partial charge in [-0.15, -0.1) is 0 Å². The molecule has 0 saturated heterocycles. The summed E-state index contributed by atoms with van der Waals surface area (Å²) in [5.41, 5.74) is 11.8. The van der Waals surface area contributed by atoms with Crippen molar-refractivity contribution < 1.29 is 0 Å². The van der Waals surface area contributed by atoms with Crippen LogP contribution in [0, 0.1) is 0 Å². The van der Waals surface area contributed by atoms with E-state index in [0.29, 0.717) is 0 Å². The molecule has 45 heavy (non-hydrogen) atoms. The summed E-state index contributed by atoms with van der Waals surface area (Å²) in [6.45, 7) is 9.60. The first-order valence-electron chi connectivity index (χ1n) is 16.0. The van der Waals surface area contributed by atoms with Crippen molar-refractivity contribution in [3.8, 4) is 27.9 Å². The molecule has 0 saturated carbocycles. The highest BCUT2D eigenvalue weighted by Gasteiger charge is 2.45. The highest BCUT2D eigenvalue weighted by Crippen LogP contribution is 2.54. The third-order valence-corrected chi connectivity index (χ3v) is 11.1. The monoisotopic (exact) mass is 577 g/mol. The van der Waals surface area contributed by atoms with Gasteiger partial charge in [0.2, 0.25) is 0 Å². The molecule has 9 rings (SSSR count). The van der Waals surface area contributed by atoms with Gasteiger partial charge in [0.1, 0.15) is 0 Å². The Morgan fingerprint density at radius 2 is 1.02 bits per heavy atom.